The van der Waals surface area contributed by atoms with Crippen molar-refractivity contribution in [3.05, 3.63) is 16.6 Å². The molecule has 0 bridgehead atoms. The zero-order chi connectivity index (χ0) is 13.2. The summed E-state index contributed by atoms with van der Waals surface area (Å²) in [6.07, 6.45) is 3.34. The van der Waals surface area contributed by atoms with E-state index >= 15 is 0 Å². The van der Waals surface area contributed by atoms with Crippen LogP contribution >= 0.6 is 11.3 Å². The lowest BCUT2D eigenvalue weighted by Gasteiger charge is -2.42. The van der Waals surface area contributed by atoms with Crippen molar-refractivity contribution in [2.24, 2.45) is 11.3 Å². The van der Waals surface area contributed by atoms with Gasteiger partial charge in [-0.1, -0.05) is 20.3 Å². The SMILES string of the molecule is CN(Cc1cscn1)CC1CCCC(C)(C)C1O. The van der Waals surface area contributed by atoms with Gasteiger partial charge in [-0.15, -0.1) is 11.3 Å². The first-order valence-corrected chi connectivity index (χ1v) is 7.67. The maximum atomic E-state index is 10.4. The standard InChI is InChI=1S/C14H24N2OS/c1-14(2)6-4-5-11(13(14)17)7-16(3)8-12-9-18-10-15-12/h9-11,13,17H,4-8H2,1-3H3. The Bertz CT molecular complexity index is 364. The fourth-order valence-electron chi connectivity index (χ4n) is 3.01. The molecule has 1 N–H and O–H groups in total. The summed E-state index contributed by atoms with van der Waals surface area (Å²) in [6.45, 7) is 6.21. The van der Waals surface area contributed by atoms with E-state index in [-0.39, 0.29) is 11.5 Å². The Morgan fingerprint density at radius 1 is 1.56 bits per heavy atom. The van der Waals surface area contributed by atoms with Crippen molar-refractivity contribution in [2.45, 2.75) is 45.8 Å². The van der Waals surface area contributed by atoms with E-state index in [1.54, 1.807) is 11.3 Å². The summed E-state index contributed by atoms with van der Waals surface area (Å²) in [4.78, 5) is 6.59. The summed E-state index contributed by atoms with van der Waals surface area (Å²) in [5, 5.41) is 12.5. The van der Waals surface area contributed by atoms with E-state index in [1.807, 2.05) is 5.51 Å². The van der Waals surface area contributed by atoms with Crippen LogP contribution in [0.2, 0.25) is 0 Å². The summed E-state index contributed by atoms with van der Waals surface area (Å²) in [5.74, 6) is 0.400. The molecule has 1 heterocycles. The van der Waals surface area contributed by atoms with Gasteiger partial charge >= 0.3 is 0 Å². The third-order valence-electron chi connectivity index (χ3n) is 4.10. The van der Waals surface area contributed by atoms with Gasteiger partial charge in [0.15, 0.2) is 0 Å². The van der Waals surface area contributed by atoms with Crippen molar-refractivity contribution in [3.63, 3.8) is 0 Å². The zero-order valence-corrected chi connectivity index (χ0v) is 12.4. The minimum absolute atomic E-state index is 0.0738. The third-order valence-corrected chi connectivity index (χ3v) is 4.74. The molecular weight excluding hydrogens is 244 g/mol. The Kier molecular flexibility index (Phi) is 4.41. The first-order valence-electron chi connectivity index (χ1n) is 6.73. The average Bonchev–Trinajstić information content (AvgIpc) is 2.77. The maximum absolute atomic E-state index is 10.4. The zero-order valence-electron chi connectivity index (χ0n) is 11.6. The molecule has 102 valence electrons. The monoisotopic (exact) mass is 268 g/mol. The molecule has 1 aromatic rings. The predicted octanol–water partition coefficient (Wildman–Crippen LogP) is 2.76. The lowest BCUT2D eigenvalue weighted by atomic mass is 9.69. The number of nitrogens with zero attached hydrogens (tertiary/aromatic N) is 2. The van der Waals surface area contributed by atoms with E-state index in [4.69, 9.17) is 0 Å². The molecule has 1 fully saturated rings. The van der Waals surface area contributed by atoms with Crippen LogP contribution in [0.3, 0.4) is 0 Å². The van der Waals surface area contributed by atoms with E-state index in [1.165, 1.54) is 6.42 Å². The van der Waals surface area contributed by atoms with Gasteiger partial charge < -0.3 is 10.0 Å². The summed E-state index contributed by atoms with van der Waals surface area (Å²) < 4.78 is 0. The molecule has 2 atom stereocenters. The Balaban J connectivity index is 1.88. The van der Waals surface area contributed by atoms with Crippen molar-refractivity contribution in [3.8, 4) is 0 Å². The number of thiazole rings is 1. The van der Waals surface area contributed by atoms with Crippen molar-refractivity contribution >= 4 is 11.3 Å². The fourth-order valence-corrected chi connectivity index (χ4v) is 3.56. The molecule has 3 nitrogen and oxygen atoms in total. The van der Waals surface area contributed by atoms with E-state index in [9.17, 15) is 5.11 Å². The molecule has 0 aliphatic heterocycles. The topological polar surface area (TPSA) is 36.4 Å². The number of hydrogen-bond donors (Lipinski definition) is 1. The second-order valence-corrected chi connectivity index (χ2v) is 6.98. The van der Waals surface area contributed by atoms with Gasteiger partial charge in [0.05, 0.1) is 17.3 Å². The number of hydrogen-bond acceptors (Lipinski definition) is 4. The highest BCUT2D eigenvalue weighted by Gasteiger charge is 2.37. The van der Waals surface area contributed by atoms with Crippen LogP contribution in [-0.4, -0.2) is 34.7 Å². The van der Waals surface area contributed by atoms with Crippen LogP contribution in [0.25, 0.3) is 0 Å². The highest BCUT2D eigenvalue weighted by molar-refractivity contribution is 7.07. The van der Waals surface area contributed by atoms with Crippen molar-refractivity contribution < 1.29 is 5.11 Å². The number of aliphatic hydroxyl groups is 1. The van der Waals surface area contributed by atoms with Gasteiger partial charge in [-0.2, -0.15) is 0 Å². The van der Waals surface area contributed by atoms with Crippen LogP contribution in [0.4, 0.5) is 0 Å². The Hall–Kier alpha value is -0.450. The third kappa shape index (κ3) is 3.31. The molecule has 0 saturated heterocycles. The van der Waals surface area contributed by atoms with Gasteiger partial charge in [-0.05, 0) is 31.2 Å². The van der Waals surface area contributed by atoms with Gasteiger partial charge in [0.1, 0.15) is 0 Å². The summed E-state index contributed by atoms with van der Waals surface area (Å²) in [6, 6.07) is 0. The van der Waals surface area contributed by atoms with Gasteiger partial charge in [0.25, 0.3) is 0 Å². The highest BCUT2D eigenvalue weighted by atomic mass is 32.1. The van der Waals surface area contributed by atoms with E-state index in [0.717, 1.165) is 31.6 Å². The first-order chi connectivity index (χ1) is 8.49. The number of aromatic nitrogens is 1. The lowest BCUT2D eigenvalue weighted by Crippen LogP contribution is -2.44. The largest absolute Gasteiger partial charge is 0.392 e. The minimum atomic E-state index is -0.177. The van der Waals surface area contributed by atoms with Crippen LogP contribution in [-0.2, 0) is 6.54 Å². The van der Waals surface area contributed by atoms with E-state index < -0.39 is 0 Å². The van der Waals surface area contributed by atoms with Crippen LogP contribution in [0.5, 0.6) is 0 Å². The van der Waals surface area contributed by atoms with Crippen molar-refractivity contribution in [2.75, 3.05) is 13.6 Å². The molecule has 1 saturated carbocycles. The lowest BCUT2D eigenvalue weighted by molar-refractivity contribution is -0.0415. The molecule has 4 heteroatoms. The van der Waals surface area contributed by atoms with E-state index in [0.29, 0.717) is 5.92 Å². The second-order valence-electron chi connectivity index (χ2n) is 6.26. The number of aliphatic hydroxyl groups excluding tert-OH is 1. The first kappa shape index (κ1) is 14.0. The summed E-state index contributed by atoms with van der Waals surface area (Å²) >= 11 is 1.64. The fraction of sp³-hybridized carbons (Fsp3) is 0.786. The molecule has 2 rings (SSSR count). The molecule has 2 unspecified atom stereocenters. The molecule has 1 aliphatic carbocycles. The minimum Gasteiger partial charge on any atom is -0.392 e. The molecule has 0 aromatic carbocycles. The molecule has 0 amide bonds. The van der Waals surface area contributed by atoms with E-state index in [2.05, 4.69) is 36.2 Å². The Morgan fingerprint density at radius 2 is 2.33 bits per heavy atom. The molecule has 0 spiro atoms. The van der Waals surface area contributed by atoms with Crippen LogP contribution < -0.4 is 0 Å². The second kappa shape index (κ2) is 5.68. The van der Waals surface area contributed by atoms with Crippen molar-refractivity contribution in [1.82, 2.24) is 9.88 Å². The molecule has 1 aromatic heterocycles. The van der Waals surface area contributed by atoms with Gasteiger partial charge in [0.2, 0.25) is 0 Å². The molecule has 18 heavy (non-hydrogen) atoms. The predicted molar refractivity (Wildman–Crippen MR) is 75.6 cm³/mol. The summed E-state index contributed by atoms with van der Waals surface area (Å²) in [5.41, 5.74) is 3.08. The van der Waals surface area contributed by atoms with Crippen LogP contribution in [0.1, 0.15) is 38.8 Å². The van der Waals surface area contributed by atoms with Crippen LogP contribution in [0, 0.1) is 11.3 Å². The van der Waals surface area contributed by atoms with Crippen molar-refractivity contribution in [1.29, 1.82) is 0 Å². The normalized spacial score (nSPS) is 27.6. The maximum Gasteiger partial charge on any atom is 0.0795 e. The smallest absolute Gasteiger partial charge is 0.0795 e. The highest BCUT2D eigenvalue weighted by Crippen LogP contribution is 2.39. The van der Waals surface area contributed by atoms with Crippen LogP contribution in [0.15, 0.2) is 10.9 Å². The van der Waals surface area contributed by atoms with Gasteiger partial charge in [-0.25, -0.2) is 4.98 Å². The molecular formula is C14H24N2OS. The average molecular weight is 268 g/mol. The molecule has 0 radical (unpaired) electrons. The Labute approximate surface area is 114 Å². The molecule has 1 aliphatic rings. The number of rotatable bonds is 4. The van der Waals surface area contributed by atoms with Gasteiger partial charge in [-0.3, -0.25) is 0 Å². The van der Waals surface area contributed by atoms with Gasteiger partial charge in [0, 0.05) is 18.5 Å². The summed E-state index contributed by atoms with van der Waals surface area (Å²) in [7, 11) is 2.12. The Morgan fingerprint density at radius 3 is 3.00 bits per heavy atom. The quantitative estimate of drug-likeness (QED) is 0.912.